The summed E-state index contributed by atoms with van der Waals surface area (Å²) in [6, 6.07) is 0. The fourth-order valence-corrected chi connectivity index (χ4v) is 3.04. The molecule has 0 saturated carbocycles. The van der Waals surface area contributed by atoms with Crippen molar-refractivity contribution in [3.63, 3.8) is 0 Å². The van der Waals surface area contributed by atoms with Crippen LogP contribution in [0.4, 0.5) is 0 Å². The molecular formula is C6H8N2O5S2. The van der Waals surface area contributed by atoms with Gasteiger partial charge in [0.25, 0.3) is 10.0 Å². The molecule has 1 heterocycles. The van der Waals surface area contributed by atoms with Crippen molar-refractivity contribution in [3.05, 3.63) is 24.3 Å². The first kappa shape index (κ1) is 12.0. The first-order valence-corrected chi connectivity index (χ1v) is 6.58. The molecule has 0 radical (unpaired) electrons. The Balaban J connectivity index is 3.61. The topological polar surface area (TPSA) is 127 Å². The van der Waals surface area contributed by atoms with E-state index in [1.807, 2.05) is 0 Å². The van der Waals surface area contributed by atoms with Gasteiger partial charge in [0.05, 0.1) is 0 Å². The van der Waals surface area contributed by atoms with Crippen molar-refractivity contribution < 1.29 is 21.4 Å². The van der Waals surface area contributed by atoms with E-state index >= 15 is 0 Å². The lowest BCUT2D eigenvalue weighted by Crippen LogP contribution is -2.46. The molecule has 0 aliphatic carbocycles. The van der Waals surface area contributed by atoms with Crippen LogP contribution in [-0.2, 0) is 20.1 Å². The molecule has 0 bridgehead atoms. The highest BCUT2D eigenvalue weighted by molar-refractivity contribution is 8.07. The molecule has 0 spiro atoms. The largest absolute Gasteiger partial charge is 0.318 e. The minimum absolute atomic E-state index is 0.692. The molecule has 0 amide bonds. The van der Waals surface area contributed by atoms with Crippen molar-refractivity contribution in [2.24, 2.45) is 10.1 Å². The quantitative estimate of drug-likeness (QED) is 0.610. The molecule has 84 valence electrons. The fourth-order valence-electron chi connectivity index (χ4n) is 0.949. The lowest BCUT2D eigenvalue weighted by atomic mass is 10.4. The summed E-state index contributed by atoms with van der Waals surface area (Å²) in [5.74, 6) is 0. The van der Waals surface area contributed by atoms with Crippen LogP contribution in [0.5, 0.6) is 0 Å². The average Bonchev–Trinajstić information content (AvgIpc) is 2.25. The van der Waals surface area contributed by atoms with E-state index < -0.39 is 24.3 Å². The molecule has 0 aromatic rings. The Labute approximate surface area is 86.8 Å². The van der Waals surface area contributed by atoms with Gasteiger partial charge in [-0.3, -0.25) is 4.55 Å². The van der Waals surface area contributed by atoms with E-state index in [2.05, 4.69) is 4.99 Å². The van der Waals surface area contributed by atoms with Crippen LogP contribution in [0.2, 0.25) is 0 Å². The maximum absolute atomic E-state index is 11.2. The Morgan fingerprint density at radius 1 is 1.13 bits per heavy atom. The van der Waals surface area contributed by atoms with Crippen molar-refractivity contribution >= 4 is 26.4 Å². The number of nitrogens with zero attached hydrogens (tertiary/aromatic N) is 1. The van der Waals surface area contributed by atoms with Gasteiger partial charge in [0.2, 0.25) is 0 Å². The molecule has 1 aliphatic heterocycles. The molecule has 3 N–H and O–H groups in total. The highest BCUT2D eigenvalue weighted by atomic mass is 32.3. The van der Waals surface area contributed by atoms with Gasteiger partial charge in [-0.2, -0.15) is 8.42 Å². The summed E-state index contributed by atoms with van der Waals surface area (Å²) < 4.78 is 50.3. The summed E-state index contributed by atoms with van der Waals surface area (Å²) in [7, 11) is -9.64. The number of hydrogen-bond donors (Lipinski definition) is 2. The van der Waals surface area contributed by atoms with Gasteiger partial charge in [-0.05, 0) is 12.2 Å². The molecule has 1 unspecified atom stereocenters. The van der Waals surface area contributed by atoms with Crippen LogP contribution in [0.15, 0.2) is 29.3 Å². The van der Waals surface area contributed by atoms with Crippen molar-refractivity contribution in [2.45, 2.75) is 4.20 Å². The second kappa shape index (κ2) is 3.52. The van der Waals surface area contributed by atoms with Crippen LogP contribution in [0, 0.1) is 0 Å². The van der Waals surface area contributed by atoms with Gasteiger partial charge < -0.3 is 0 Å². The number of rotatable bonds is 2. The van der Waals surface area contributed by atoms with Gasteiger partial charge in [0, 0.05) is 6.21 Å². The summed E-state index contributed by atoms with van der Waals surface area (Å²) in [6.45, 7) is 0. The number of allylic oxidation sites excluding steroid dienone is 3. The fraction of sp³-hybridized carbons (Fsp3) is 0.167. The number of primary sulfonamides is 1. The zero-order chi connectivity index (χ0) is 11.7. The second-order valence-electron chi connectivity index (χ2n) is 2.67. The predicted octanol–water partition coefficient (Wildman–Crippen LogP) is -0.987. The number of sulfonamides is 1. The zero-order valence-corrected chi connectivity index (χ0v) is 8.94. The van der Waals surface area contributed by atoms with Crippen LogP contribution < -0.4 is 5.14 Å². The molecular weight excluding hydrogens is 244 g/mol. The number of nitrogens with two attached hydrogens (primary N) is 1. The SMILES string of the molecule is NS(=O)(=O)C1(S(=O)(=O)O)C=CC=CC=N1. The molecule has 1 aliphatic rings. The molecule has 1 atom stereocenters. The van der Waals surface area contributed by atoms with Gasteiger partial charge in [-0.15, -0.1) is 0 Å². The van der Waals surface area contributed by atoms with Gasteiger partial charge in [0.15, 0.2) is 0 Å². The van der Waals surface area contributed by atoms with Gasteiger partial charge in [-0.1, -0.05) is 12.2 Å². The van der Waals surface area contributed by atoms with Gasteiger partial charge >= 0.3 is 14.3 Å². The minimum atomic E-state index is -5.01. The van der Waals surface area contributed by atoms with Crippen LogP contribution in [0.3, 0.4) is 0 Å². The maximum Gasteiger partial charge on any atom is 0.318 e. The number of hydrogen-bond acceptors (Lipinski definition) is 5. The molecule has 9 heteroatoms. The number of aliphatic imine (C=N–C) groups is 1. The first-order valence-electron chi connectivity index (χ1n) is 3.60. The molecule has 0 aromatic carbocycles. The molecule has 15 heavy (non-hydrogen) atoms. The third-order valence-corrected chi connectivity index (χ3v) is 5.01. The molecule has 7 nitrogen and oxygen atoms in total. The first-order chi connectivity index (χ1) is 6.71. The Hall–Kier alpha value is -1.03. The van der Waals surface area contributed by atoms with Crippen LogP contribution >= 0.6 is 0 Å². The molecule has 0 saturated heterocycles. The third kappa shape index (κ3) is 2.00. The van der Waals surface area contributed by atoms with E-state index in [1.165, 1.54) is 12.2 Å². The van der Waals surface area contributed by atoms with E-state index in [0.717, 1.165) is 12.3 Å². The van der Waals surface area contributed by atoms with Crippen molar-refractivity contribution in [2.75, 3.05) is 0 Å². The maximum atomic E-state index is 11.2. The van der Waals surface area contributed by atoms with E-state index in [9.17, 15) is 16.8 Å². The van der Waals surface area contributed by atoms with Gasteiger partial charge in [0.1, 0.15) is 0 Å². The highest BCUT2D eigenvalue weighted by Gasteiger charge is 2.51. The van der Waals surface area contributed by atoms with E-state index in [0.29, 0.717) is 6.08 Å². The van der Waals surface area contributed by atoms with Crippen molar-refractivity contribution in [1.29, 1.82) is 0 Å². The van der Waals surface area contributed by atoms with E-state index in [1.54, 1.807) is 0 Å². The monoisotopic (exact) mass is 252 g/mol. The smallest absolute Gasteiger partial charge is 0.283 e. The lowest BCUT2D eigenvalue weighted by Gasteiger charge is -2.19. The Morgan fingerprint density at radius 3 is 2.20 bits per heavy atom. The lowest BCUT2D eigenvalue weighted by molar-refractivity contribution is 0.466. The van der Waals surface area contributed by atoms with Gasteiger partial charge in [-0.25, -0.2) is 18.5 Å². The minimum Gasteiger partial charge on any atom is -0.283 e. The summed E-state index contributed by atoms with van der Waals surface area (Å²) in [6.07, 6.45) is 5.39. The van der Waals surface area contributed by atoms with Crippen molar-refractivity contribution in [1.82, 2.24) is 0 Å². The van der Waals surface area contributed by atoms with Crippen LogP contribution in [0.25, 0.3) is 0 Å². The zero-order valence-electron chi connectivity index (χ0n) is 7.31. The van der Waals surface area contributed by atoms with Crippen molar-refractivity contribution in [3.8, 4) is 0 Å². The summed E-state index contributed by atoms with van der Waals surface area (Å²) in [5, 5.41) is 4.74. The highest BCUT2D eigenvalue weighted by Crippen LogP contribution is 2.26. The van der Waals surface area contributed by atoms with Crippen LogP contribution in [0.1, 0.15) is 0 Å². The van der Waals surface area contributed by atoms with E-state index in [-0.39, 0.29) is 0 Å². The molecule has 0 aromatic heterocycles. The standard InChI is InChI=1S/C6H8N2O5S2/c7-14(9,10)6(15(11,12)13)4-2-1-3-5-8-6/h1-5H,(H2,7,9,10)(H,11,12,13). The molecule has 1 rings (SSSR count). The summed E-state index contributed by atoms with van der Waals surface area (Å²) in [5.41, 5.74) is 0. The second-order valence-corrected chi connectivity index (χ2v) is 6.22. The molecule has 0 fully saturated rings. The predicted molar refractivity (Wildman–Crippen MR) is 54.2 cm³/mol. The third-order valence-electron chi connectivity index (χ3n) is 1.65. The average molecular weight is 252 g/mol. The van der Waals surface area contributed by atoms with E-state index in [4.69, 9.17) is 9.69 Å². The summed E-state index contributed by atoms with van der Waals surface area (Å²) >= 11 is 0. The normalized spacial score (nSPS) is 26.5. The van der Waals surface area contributed by atoms with Crippen LogP contribution in [-0.4, -0.2) is 31.8 Å². The summed E-state index contributed by atoms with van der Waals surface area (Å²) in [4.78, 5) is 3.25. The Kier molecular flexibility index (Phi) is 2.83. The Bertz CT molecular complexity index is 490. The Morgan fingerprint density at radius 2 is 1.73 bits per heavy atom.